The van der Waals surface area contributed by atoms with E-state index in [0.717, 1.165) is 44.4 Å². The molecule has 0 radical (unpaired) electrons. The normalized spacial score (nSPS) is 28.8. The van der Waals surface area contributed by atoms with Gasteiger partial charge in [-0.15, -0.1) is 0 Å². The van der Waals surface area contributed by atoms with Crippen molar-refractivity contribution in [3.63, 3.8) is 0 Å². The van der Waals surface area contributed by atoms with Crippen LogP contribution in [-0.2, 0) is 0 Å². The van der Waals surface area contributed by atoms with Crippen molar-refractivity contribution in [1.82, 2.24) is 25.2 Å². The number of aromatic nitrogens is 3. The zero-order valence-electron chi connectivity index (χ0n) is 24.2. The van der Waals surface area contributed by atoms with Crippen LogP contribution in [0, 0.1) is 17.5 Å². The number of phenols is 1. The fraction of sp³-hybridized carbons (Fsp3) is 0.469. The van der Waals surface area contributed by atoms with Crippen LogP contribution in [0.15, 0.2) is 24.3 Å². The molecule has 4 saturated heterocycles. The Hall–Kier alpha value is -3.97. The minimum absolute atomic E-state index is 0.0538. The number of phenolic OH excluding ortho intramolecular Hbond substituents is 1. The number of fused-ring (bicyclic) bond motifs is 7. The molecule has 234 valence electrons. The Labute approximate surface area is 255 Å². The molecule has 0 spiro atoms. The van der Waals surface area contributed by atoms with Gasteiger partial charge in [0.05, 0.1) is 11.6 Å². The monoisotopic (exact) mass is 622 g/mol. The zero-order valence-corrected chi connectivity index (χ0v) is 24.2. The quantitative estimate of drug-likeness (QED) is 0.316. The predicted octanol–water partition coefficient (Wildman–Crippen LogP) is 4.62. The SMILES string of the molecule is Oc1cc(-c2nc3c4c(nc(OC[C@]56CCCN5C[C@H](F)C6)nc4c2F)N2C[C@@H]4CC[C@@H](N4)[C@@H]2CO3)c2c(F)c(F)ccc2c1. The molecule has 2 aromatic heterocycles. The number of alkyl halides is 1. The molecule has 5 aliphatic rings. The average molecular weight is 623 g/mol. The summed E-state index contributed by atoms with van der Waals surface area (Å²) >= 11 is 0. The van der Waals surface area contributed by atoms with Crippen LogP contribution in [-0.4, -0.2) is 87.6 Å². The molecule has 0 saturated carbocycles. The highest BCUT2D eigenvalue weighted by Gasteiger charge is 2.50. The van der Waals surface area contributed by atoms with Gasteiger partial charge in [0.25, 0.3) is 0 Å². The Morgan fingerprint density at radius 2 is 1.96 bits per heavy atom. The molecule has 9 rings (SSSR count). The molecule has 2 bridgehead atoms. The molecule has 5 aliphatic heterocycles. The first-order valence-electron chi connectivity index (χ1n) is 15.5. The standard InChI is InChI=1S/C32H30F4N6O3/c33-16-10-32(6-1-7-41(32)11-16)14-45-31-39-28-24-29(40-31)42-12-17-3-5-21(37-17)22(42)13-44-30(24)38-27(26(28)36)19-9-18(43)8-15-2-4-20(34)25(35)23(15)19/h2,4,8-9,16-17,21-22,37,43H,1,3,5-7,10-14H2/t16-,17+,21-,22+,32-/m1/s1. The van der Waals surface area contributed by atoms with Crippen LogP contribution in [0.1, 0.15) is 32.1 Å². The van der Waals surface area contributed by atoms with Crippen molar-refractivity contribution in [1.29, 1.82) is 0 Å². The number of anilines is 1. The highest BCUT2D eigenvalue weighted by molar-refractivity contribution is 6.02. The van der Waals surface area contributed by atoms with E-state index in [-0.39, 0.29) is 81.9 Å². The first-order valence-corrected chi connectivity index (χ1v) is 15.5. The van der Waals surface area contributed by atoms with Gasteiger partial charge in [-0.25, -0.2) is 22.5 Å². The van der Waals surface area contributed by atoms with E-state index in [0.29, 0.717) is 25.3 Å². The van der Waals surface area contributed by atoms with Crippen LogP contribution in [0.25, 0.3) is 32.9 Å². The zero-order chi connectivity index (χ0) is 30.6. The fourth-order valence-corrected chi connectivity index (χ4v) is 8.38. The molecule has 7 heterocycles. The number of benzene rings is 2. The molecule has 2 aromatic carbocycles. The summed E-state index contributed by atoms with van der Waals surface area (Å²) in [6, 6.07) is 4.83. The van der Waals surface area contributed by atoms with Gasteiger partial charge in [0.2, 0.25) is 5.88 Å². The number of hydrogen-bond donors (Lipinski definition) is 2. The van der Waals surface area contributed by atoms with Crippen LogP contribution < -0.4 is 19.7 Å². The molecular formula is C32H30F4N6O3. The Bertz CT molecular complexity index is 1900. The van der Waals surface area contributed by atoms with Gasteiger partial charge < -0.3 is 24.8 Å². The van der Waals surface area contributed by atoms with Crippen molar-refractivity contribution < 1.29 is 32.1 Å². The summed E-state index contributed by atoms with van der Waals surface area (Å²) in [6.45, 7) is 2.14. The second-order valence-electron chi connectivity index (χ2n) is 13.0. The smallest absolute Gasteiger partial charge is 0.319 e. The second kappa shape index (κ2) is 9.76. The van der Waals surface area contributed by atoms with Crippen molar-refractivity contribution in [3.8, 4) is 28.9 Å². The van der Waals surface area contributed by atoms with E-state index in [1.54, 1.807) is 0 Å². The van der Waals surface area contributed by atoms with E-state index >= 15 is 8.78 Å². The molecule has 2 N–H and O–H groups in total. The maximum absolute atomic E-state index is 16.8. The van der Waals surface area contributed by atoms with Crippen molar-refractivity contribution in [2.45, 2.75) is 61.9 Å². The summed E-state index contributed by atoms with van der Waals surface area (Å²) in [6.07, 6.45) is 3.06. The van der Waals surface area contributed by atoms with E-state index in [1.807, 2.05) is 0 Å². The Kier molecular flexibility index (Phi) is 5.93. The molecule has 0 amide bonds. The fourth-order valence-electron chi connectivity index (χ4n) is 8.38. The minimum atomic E-state index is -1.19. The maximum atomic E-state index is 16.8. The van der Waals surface area contributed by atoms with Gasteiger partial charge in [-0.1, -0.05) is 6.07 Å². The summed E-state index contributed by atoms with van der Waals surface area (Å²) in [5.41, 5.74) is -1.12. The third-order valence-corrected chi connectivity index (χ3v) is 10.4. The number of pyridine rings is 1. The summed E-state index contributed by atoms with van der Waals surface area (Å²) < 4.78 is 73.5. The van der Waals surface area contributed by atoms with E-state index in [1.165, 1.54) is 12.1 Å². The lowest BCUT2D eigenvalue weighted by atomic mass is 9.95. The molecule has 0 unspecified atom stereocenters. The van der Waals surface area contributed by atoms with E-state index in [9.17, 15) is 13.9 Å². The van der Waals surface area contributed by atoms with Gasteiger partial charge in [0.1, 0.15) is 47.5 Å². The summed E-state index contributed by atoms with van der Waals surface area (Å²) in [7, 11) is 0. The van der Waals surface area contributed by atoms with Crippen molar-refractivity contribution in [2.24, 2.45) is 0 Å². The summed E-state index contributed by atoms with van der Waals surface area (Å²) in [4.78, 5) is 18.1. The molecule has 4 fully saturated rings. The number of aromatic hydroxyl groups is 1. The maximum Gasteiger partial charge on any atom is 0.319 e. The third kappa shape index (κ3) is 4.09. The van der Waals surface area contributed by atoms with Crippen LogP contribution in [0.2, 0.25) is 0 Å². The highest BCUT2D eigenvalue weighted by Crippen LogP contribution is 2.45. The molecule has 13 heteroatoms. The molecule has 0 aliphatic carbocycles. The van der Waals surface area contributed by atoms with Crippen molar-refractivity contribution in [3.05, 3.63) is 41.7 Å². The Morgan fingerprint density at radius 1 is 1.07 bits per heavy atom. The topological polar surface area (TPSA) is 95.9 Å². The molecule has 5 atom stereocenters. The van der Waals surface area contributed by atoms with Gasteiger partial charge in [-0.2, -0.15) is 9.97 Å². The Morgan fingerprint density at radius 3 is 2.84 bits per heavy atom. The number of hydrogen-bond acceptors (Lipinski definition) is 9. The number of halogens is 4. The lowest BCUT2D eigenvalue weighted by Gasteiger charge is -2.40. The lowest BCUT2D eigenvalue weighted by molar-refractivity contribution is 0.107. The second-order valence-corrected chi connectivity index (χ2v) is 13.0. The van der Waals surface area contributed by atoms with Gasteiger partial charge in [0.15, 0.2) is 17.5 Å². The number of ether oxygens (including phenoxy) is 2. The molecule has 45 heavy (non-hydrogen) atoms. The molecular weight excluding hydrogens is 592 g/mol. The van der Waals surface area contributed by atoms with Gasteiger partial charge in [-0.05, 0) is 55.8 Å². The number of nitrogens with one attached hydrogen (secondary N) is 1. The van der Waals surface area contributed by atoms with Crippen LogP contribution in [0.4, 0.5) is 23.4 Å². The highest BCUT2D eigenvalue weighted by atomic mass is 19.2. The van der Waals surface area contributed by atoms with Crippen LogP contribution in [0.5, 0.6) is 17.6 Å². The van der Waals surface area contributed by atoms with Crippen LogP contribution >= 0.6 is 0 Å². The lowest BCUT2D eigenvalue weighted by Crippen LogP contribution is -2.60. The first-order chi connectivity index (χ1) is 21.8. The largest absolute Gasteiger partial charge is 0.508 e. The number of nitrogens with zero attached hydrogens (tertiary/aromatic N) is 5. The van der Waals surface area contributed by atoms with Crippen molar-refractivity contribution in [2.75, 3.05) is 37.7 Å². The van der Waals surface area contributed by atoms with Gasteiger partial charge >= 0.3 is 6.01 Å². The van der Waals surface area contributed by atoms with E-state index in [2.05, 4.69) is 25.1 Å². The third-order valence-electron chi connectivity index (χ3n) is 10.4. The first kappa shape index (κ1) is 27.3. The van der Waals surface area contributed by atoms with E-state index in [4.69, 9.17) is 14.5 Å². The Balaban J connectivity index is 1.24. The molecule has 4 aromatic rings. The summed E-state index contributed by atoms with van der Waals surface area (Å²) in [5.74, 6) is -3.01. The number of rotatable bonds is 4. The predicted molar refractivity (Wildman–Crippen MR) is 157 cm³/mol. The molecule has 9 nitrogen and oxygen atoms in total. The number of piperazine rings is 1. The minimum Gasteiger partial charge on any atom is -0.508 e. The van der Waals surface area contributed by atoms with Crippen molar-refractivity contribution >= 4 is 27.5 Å². The van der Waals surface area contributed by atoms with Crippen LogP contribution in [0.3, 0.4) is 0 Å². The summed E-state index contributed by atoms with van der Waals surface area (Å²) in [5, 5.41) is 14.3. The van der Waals surface area contributed by atoms with Gasteiger partial charge in [-0.3, -0.25) is 4.90 Å². The van der Waals surface area contributed by atoms with Gasteiger partial charge in [0, 0.05) is 42.5 Å². The van der Waals surface area contributed by atoms with E-state index < -0.39 is 29.2 Å². The average Bonchev–Trinajstić information content (AvgIpc) is 3.65.